The Kier molecular flexibility index (Phi) is 4.16. The number of nitrogens with two attached hydrogens (primary N) is 1. The number of rotatable bonds is 4. The second-order valence-corrected chi connectivity index (χ2v) is 7.89. The van der Waals surface area contributed by atoms with Crippen molar-refractivity contribution in [3.63, 3.8) is 0 Å². The molecule has 2 amide bonds. The van der Waals surface area contributed by atoms with Gasteiger partial charge < -0.3 is 19.9 Å². The Balaban J connectivity index is 1.38. The first-order valence-corrected chi connectivity index (χ1v) is 9.92. The number of fused-ring (bicyclic) bond motifs is 2. The SMILES string of the molecule is CC1c2ccc(C(=O)OC3(C(N)=O)C=C3)n2CCN1C(=O)c1cc2ncc(Cl)cn2n1. The molecule has 1 aliphatic carbocycles. The molecule has 10 nitrogen and oxygen atoms in total. The van der Waals surface area contributed by atoms with Gasteiger partial charge in [0.15, 0.2) is 11.3 Å². The maximum atomic E-state index is 13.1. The highest BCUT2D eigenvalue weighted by Gasteiger charge is 2.46. The van der Waals surface area contributed by atoms with Crippen LogP contribution in [0.4, 0.5) is 0 Å². The molecule has 0 saturated carbocycles. The van der Waals surface area contributed by atoms with Crippen molar-refractivity contribution >= 4 is 35.0 Å². The van der Waals surface area contributed by atoms with Crippen molar-refractivity contribution in [2.75, 3.05) is 6.54 Å². The van der Waals surface area contributed by atoms with E-state index >= 15 is 0 Å². The van der Waals surface area contributed by atoms with E-state index in [1.165, 1.54) is 22.9 Å². The van der Waals surface area contributed by atoms with Crippen molar-refractivity contribution in [1.82, 2.24) is 24.1 Å². The van der Waals surface area contributed by atoms with E-state index in [1.54, 1.807) is 33.9 Å². The molecule has 0 fully saturated rings. The van der Waals surface area contributed by atoms with Crippen LogP contribution in [0.25, 0.3) is 5.65 Å². The van der Waals surface area contributed by atoms with Gasteiger partial charge in [-0.25, -0.2) is 14.3 Å². The van der Waals surface area contributed by atoms with Gasteiger partial charge in [0.25, 0.3) is 11.8 Å². The van der Waals surface area contributed by atoms with E-state index in [4.69, 9.17) is 22.1 Å². The monoisotopic (exact) mass is 440 g/mol. The number of halogens is 1. The summed E-state index contributed by atoms with van der Waals surface area (Å²) >= 11 is 5.94. The van der Waals surface area contributed by atoms with Crippen molar-refractivity contribution in [1.29, 1.82) is 0 Å². The van der Waals surface area contributed by atoms with Gasteiger partial charge in [-0.15, -0.1) is 0 Å². The lowest BCUT2D eigenvalue weighted by Crippen LogP contribution is -2.42. The summed E-state index contributed by atoms with van der Waals surface area (Å²) in [5, 5.41) is 4.70. The molecular weight excluding hydrogens is 424 g/mol. The van der Waals surface area contributed by atoms with Gasteiger partial charge >= 0.3 is 5.97 Å². The fourth-order valence-corrected chi connectivity index (χ4v) is 3.93. The normalized spacial score (nSPS) is 18.6. The number of nitrogens with zero attached hydrogens (tertiary/aromatic N) is 5. The summed E-state index contributed by atoms with van der Waals surface area (Å²) in [5.41, 5.74) is 5.70. The average molecular weight is 441 g/mol. The molecule has 0 spiro atoms. The predicted molar refractivity (Wildman–Crippen MR) is 108 cm³/mol. The zero-order valence-corrected chi connectivity index (χ0v) is 17.1. The number of carbonyl (C=O) groups excluding carboxylic acids is 3. The van der Waals surface area contributed by atoms with E-state index in [-0.39, 0.29) is 17.6 Å². The van der Waals surface area contributed by atoms with E-state index < -0.39 is 17.5 Å². The van der Waals surface area contributed by atoms with Crippen molar-refractivity contribution in [3.8, 4) is 0 Å². The number of carbonyl (C=O) groups is 3. The smallest absolute Gasteiger partial charge is 0.356 e. The maximum Gasteiger partial charge on any atom is 0.356 e. The first-order chi connectivity index (χ1) is 14.8. The van der Waals surface area contributed by atoms with Crippen molar-refractivity contribution in [2.45, 2.75) is 25.1 Å². The molecule has 0 bridgehead atoms. The van der Waals surface area contributed by atoms with E-state index in [2.05, 4.69) is 10.1 Å². The molecule has 2 aliphatic rings. The Labute approximate surface area is 180 Å². The summed E-state index contributed by atoms with van der Waals surface area (Å²) in [4.78, 5) is 43.0. The van der Waals surface area contributed by atoms with Crippen LogP contribution in [0.2, 0.25) is 5.02 Å². The van der Waals surface area contributed by atoms with Gasteiger partial charge in [-0.3, -0.25) is 9.59 Å². The lowest BCUT2D eigenvalue weighted by atomic mass is 10.1. The zero-order valence-electron chi connectivity index (χ0n) is 16.4. The Morgan fingerprint density at radius 1 is 1.26 bits per heavy atom. The maximum absolute atomic E-state index is 13.1. The van der Waals surface area contributed by atoms with Gasteiger partial charge in [-0.05, 0) is 31.2 Å². The van der Waals surface area contributed by atoms with Crippen LogP contribution >= 0.6 is 11.6 Å². The van der Waals surface area contributed by atoms with Crippen LogP contribution in [0.1, 0.15) is 39.6 Å². The predicted octanol–water partition coefficient (Wildman–Crippen LogP) is 1.35. The molecule has 158 valence electrons. The van der Waals surface area contributed by atoms with Gasteiger partial charge in [-0.1, -0.05) is 11.6 Å². The Morgan fingerprint density at radius 2 is 2.03 bits per heavy atom. The van der Waals surface area contributed by atoms with Crippen LogP contribution in [-0.4, -0.2) is 54.0 Å². The van der Waals surface area contributed by atoms with Gasteiger partial charge in [-0.2, -0.15) is 5.10 Å². The van der Waals surface area contributed by atoms with E-state index in [0.29, 0.717) is 29.5 Å². The van der Waals surface area contributed by atoms with Gasteiger partial charge in [0, 0.05) is 31.0 Å². The molecule has 2 N–H and O–H groups in total. The highest BCUT2D eigenvalue weighted by Crippen LogP contribution is 2.32. The van der Waals surface area contributed by atoms with Gasteiger partial charge in [0.1, 0.15) is 5.69 Å². The van der Waals surface area contributed by atoms with Gasteiger partial charge in [0.2, 0.25) is 5.60 Å². The van der Waals surface area contributed by atoms with Crippen molar-refractivity contribution in [3.05, 3.63) is 64.8 Å². The quantitative estimate of drug-likeness (QED) is 0.482. The minimum Gasteiger partial charge on any atom is -0.436 e. The van der Waals surface area contributed by atoms with Gasteiger partial charge in [0.05, 0.1) is 17.3 Å². The van der Waals surface area contributed by atoms with Crippen LogP contribution in [0.3, 0.4) is 0 Å². The number of ether oxygens (including phenoxy) is 1. The summed E-state index contributed by atoms with van der Waals surface area (Å²) in [6, 6.07) is 4.68. The molecular formula is C20H17ClN6O4. The summed E-state index contributed by atoms with van der Waals surface area (Å²) in [7, 11) is 0. The standard InChI is InChI=1S/C20H17ClN6O4/c1-11-14-2-3-15(18(29)31-20(4-5-20)19(22)30)26(14)7-6-25(11)17(28)13-8-16-23-9-12(21)10-27(16)24-13/h2-5,8-11H,6-7H2,1H3,(H2,22,30). The molecule has 5 rings (SSSR count). The highest BCUT2D eigenvalue weighted by atomic mass is 35.5. The lowest BCUT2D eigenvalue weighted by molar-refractivity contribution is -0.127. The first kappa shape index (κ1) is 19.3. The molecule has 0 aromatic carbocycles. The van der Waals surface area contributed by atoms with E-state index in [0.717, 1.165) is 5.69 Å². The third-order valence-corrected chi connectivity index (χ3v) is 5.76. The molecule has 0 radical (unpaired) electrons. The lowest BCUT2D eigenvalue weighted by Gasteiger charge is -2.35. The number of amides is 2. The molecule has 4 heterocycles. The Bertz CT molecular complexity index is 1290. The number of esters is 1. The number of aromatic nitrogens is 4. The molecule has 0 saturated heterocycles. The number of primary amides is 1. The van der Waals surface area contributed by atoms with Crippen LogP contribution in [-0.2, 0) is 16.1 Å². The number of hydrogen-bond acceptors (Lipinski definition) is 6. The minimum atomic E-state index is -1.43. The highest BCUT2D eigenvalue weighted by molar-refractivity contribution is 6.30. The summed E-state index contributed by atoms with van der Waals surface area (Å²) < 4.78 is 8.54. The second kappa shape index (κ2) is 6.67. The van der Waals surface area contributed by atoms with Crippen molar-refractivity contribution < 1.29 is 19.1 Å². The summed E-state index contributed by atoms with van der Waals surface area (Å²) in [6.45, 7) is 2.62. The molecule has 3 aromatic rings. The Morgan fingerprint density at radius 3 is 2.74 bits per heavy atom. The largest absolute Gasteiger partial charge is 0.436 e. The molecule has 31 heavy (non-hydrogen) atoms. The molecule has 1 atom stereocenters. The average Bonchev–Trinajstić information content (AvgIpc) is 3.20. The molecule has 1 aliphatic heterocycles. The fraction of sp³-hybridized carbons (Fsp3) is 0.250. The molecule has 3 aromatic heterocycles. The van der Waals surface area contributed by atoms with E-state index in [1.807, 2.05) is 6.92 Å². The first-order valence-electron chi connectivity index (χ1n) is 9.54. The molecule has 11 heteroatoms. The van der Waals surface area contributed by atoms with Crippen LogP contribution < -0.4 is 5.73 Å². The number of hydrogen-bond donors (Lipinski definition) is 1. The minimum absolute atomic E-state index is 0.249. The third kappa shape index (κ3) is 3.07. The van der Waals surface area contributed by atoms with Crippen LogP contribution in [0.15, 0.2) is 42.7 Å². The van der Waals surface area contributed by atoms with Crippen molar-refractivity contribution in [2.24, 2.45) is 5.73 Å². The summed E-state index contributed by atoms with van der Waals surface area (Å²) in [5.74, 6) is -1.63. The fourth-order valence-electron chi connectivity index (χ4n) is 3.78. The summed E-state index contributed by atoms with van der Waals surface area (Å²) in [6.07, 6.45) is 5.95. The Hall–Kier alpha value is -3.66. The third-order valence-electron chi connectivity index (χ3n) is 5.56. The van der Waals surface area contributed by atoms with Crippen LogP contribution in [0.5, 0.6) is 0 Å². The topological polar surface area (TPSA) is 125 Å². The second-order valence-electron chi connectivity index (χ2n) is 7.45. The zero-order chi connectivity index (χ0) is 21.9. The van der Waals surface area contributed by atoms with Crippen LogP contribution in [0, 0.1) is 0 Å². The van der Waals surface area contributed by atoms with E-state index in [9.17, 15) is 14.4 Å². The molecule has 1 unspecified atom stereocenters.